The van der Waals surface area contributed by atoms with Crippen molar-refractivity contribution in [3.8, 4) is 0 Å². The van der Waals surface area contributed by atoms with Crippen LogP contribution >= 0.6 is 0 Å². The number of rotatable bonds is 1. The number of fused-ring (bicyclic) bond motifs is 2. The summed E-state index contributed by atoms with van der Waals surface area (Å²) in [4.78, 5) is 2.35. The molecule has 2 fully saturated rings. The molecule has 0 aliphatic carbocycles. The summed E-state index contributed by atoms with van der Waals surface area (Å²) < 4.78 is 5.50. The van der Waals surface area contributed by atoms with Gasteiger partial charge in [-0.1, -0.05) is 12.2 Å². The molecule has 2 aliphatic rings. The van der Waals surface area contributed by atoms with Gasteiger partial charge in [-0.25, -0.2) is 0 Å². The number of hydrogen-bond acceptors (Lipinski definition) is 3. The van der Waals surface area contributed by atoms with Crippen LogP contribution in [0.3, 0.4) is 0 Å². The third-order valence-electron chi connectivity index (χ3n) is 3.43. The lowest BCUT2D eigenvalue weighted by atomic mass is 9.81. The Morgan fingerprint density at radius 2 is 1.93 bits per heavy atom. The van der Waals surface area contributed by atoms with E-state index in [2.05, 4.69) is 11.9 Å². The summed E-state index contributed by atoms with van der Waals surface area (Å²) in [6.07, 6.45) is 5.47. The SMILES string of the molecule is C/C=C\C1(O)CC2COCC(C1)N2C. The van der Waals surface area contributed by atoms with Gasteiger partial charge in [0.25, 0.3) is 0 Å². The van der Waals surface area contributed by atoms with Gasteiger partial charge < -0.3 is 9.84 Å². The van der Waals surface area contributed by atoms with Crippen molar-refractivity contribution < 1.29 is 9.84 Å². The van der Waals surface area contributed by atoms with Crippen LogP contribution in [-0.4, -0.2) is 48.0 Å². The molecule has 14 heavy (non-hydrogen) atoms. The molecular weight excluding hydrogens is 178 g/mol. The van der Waals surface area contributed by atoms with Crippen LogP contribution in [0.15, 0.2) is 12.2 Å². The minimum absolute atomic E-state index is 0.378. The van der Waals surface area contributed by atoms with Gasteiger partial charge in [-0.15, -0.1) is 0 Å². The maximum Gasteiger partial charge on any atom is 0.0859 e. The van der Waals surface area contributed by atoms with E-state index in [4.69, 9.17) is 4.74 Å². The third-order valence-corrected chi connectivity index (χ3v) is 3.43. The second-order valence-electron chi connectivity index (χ2n) is 4.52. The first-order valence-electron chi connectivity index (χ1n) is 5.30. The molecule has 2 atom stereocenters. The van der Waals surface area contributed by atoms with Crippen LogP contribution in [-0.2, 0) is 4.74 Å². The number of morpholine rings is 1. The first-order chi connectivity index (χ1) is 6.64. The lowest BCUT2D eigenvalue weighted by Gasteiger charge is -2.49. The summed E-state index contributed by atoms with van der Waals surface area (Å²) in [6, 6.07) is 0.757. The first kappa shape index (κ1) is 10.1. The van der Waals surface area contributed by atoms with Gasteiger partial charge in [-0.05, 0) is 26.8 Å². The Labute approximate surface area is 85.4 Å². The minimum atomic E-state index is -0.597. The Morgan fingerprint density at radius 1 is 1.36 bits per heavy atom. The third kappa shape index (κ3) is 1.72. The average molecular weight is 197 g/mol. The highest BCUT2D eigenvalue weighted by atomic mass is 16.5. The molecule has 0 amide bonds. The van der Waals surface area contributed by atoms with Crippen molar-refractivity contribution in [3.63, 3.8) is 0 Å². The number of hydrogen-bond donors (Lipinski definition) is 1. The number of piperidine rings is 1. The summed E-state index contributed by atoms with van der Waals surface area (Å²) in [5.41, 5.74) is -0.597. The summed E-state index contributed by atoms with van der Waals surface area (Å²) in [7, 11) is 2.13. The van der Waals surface area contributed by atoms with E-state index in [-0.39, 0.29) is 0 Å². The number of allylic oxidation sites excluding steroid dienone is 1. The van der Waals surface area contributed by atoms with Crippen LogP contribution in [0.1, 0.15) is 19.8 Å². The lowest BCUT2D eigenvalue weighted by molar-refractivity contribution is -0.116. The molecule has 2 heterocycles. The molecule has 1 N–H and O–H groups in total. The normalized spacial score (nSPS) is 44.5. The van der Waals surface area contributed by atoms with E-state index in [9.17, 15) is 5.11 Å². The predicted molar refractivity (Wildman–Crippen MR) is 55.2 cm³/mol. The molecule has 0 saturated carbocycles. The Bertz CT molecular complexity index is 225. The van der Waals surface area contributed by atoms with Crippen LogP contribution in [0.25, 0.3) is 0 Å². The van der Waals surface area contributed by atoms with Crippen LogP contribution < -0.4 is 0 Å². The maximum absolute atomic E-state index is 10.3. The van der Waals surface area contributed by atoms with Crippen molar-refractivity contribution in [2.24, 2.45) is 0 Å². The maximum atomic E-state index is 10.3. The fourth-order valence-electron chi connectivity index (χ4n) is 2.62. The quantitative estimate of drug-likeness (QED) is 0.631. The molecule has 0 spiro atoms. The average Bonchev–Trinajstić information content (AvgIpc) is 2.08. The van der Waals surface area contributed by atoms with Crippen LogP contribution in [0, 0.1) is 0 Å². The Hall–Kier alpha value is -0.380. The smallest absolute Gasteiger partial charge is 0.0859 e. The number of nitrogens with zero attached hydrogens (tertiary/aromatic N) is 1. The van der Waals surface area contributed by atoms with Crippen molar-refractivity contribution in [3.05, 3.63) is 12.2 Å². The summed E-state index contributed by atoms with van der Waals surface area (Å²) in [5.74, 6) is 0. The number of aliphatic hydroxyl groups is 1. The minimum Gasteiger partial charge on any atom is -0.386 e. The monoisotopic (exact) mass is 197 g/mol. The second kappa shape index (κ2) is 3.65. The van der Waals surface area contributed by atoms with Gasteiger partial charge >= 0.3 is 0 Å². The molecule has 3 heteroatoms. The predicted octanol–water partition coefficient (Wildman–Crippen LogP) is 0.787. The molecule has 2 unspecified atom stereocenters. The summed E-state index contributed by atoms with van der Waals surface area (Å²) in [5, 5.41) is 10.3. The standard InChI is InChI=1S/C11H19NO2/c1-3-4-11(13)5-9-7-14-8-10(6-11)12(9)2/h3-4,9-10,13H,5-8H2,1-2H3/b4-3-. The molecule has 2 rings (SSSR count). The van der Waals surface area contributed by atoms with Gasteiger partial charge in [0.2, 0.25) is 0 Å². The fourth-order valence-corrected chi connectivity index (χ4v) is 2.62. The van der Waals surface area contributed by atoms with E-state index in [1.165, 1.54) is 0 Å². The number of ether oxygens (including phenoxy) is 1. The number of likely N-dealkylation sites (N-methyl/N-ethyl adjacent to an activating group) is 1. The summed E-state index contributed by atoms with van der Waals surface area (Å²) >= 11 is 0. The second-order valence-corrected chi connectivity index (χ2v) is 4.52. The Morgan fingerprint density at radius 3 is 2.43 bits per heavy atom. The van der Waals surface area contributed by atoms with E-state index < -0.39 is 5.60 Å². The van der Waals surface area contributed by atoms with Gasteiger partial charge in [0.05, 0.1) is 18.8 Å². The molecule has 0 aromatic rings. The highest BCUT2D eigenvalue weighted by Crippen LogP contribution is 2.34. The highest BCUT2D eigenvalue weighted by molar-refractivity contribution is 5.08. The topological polar surface area (TPSA) is 32.7 Å². The van der Waals surface area contributed by atoms with Crippen molar-refractivity contribution >= 4 is 0 Å². The van der Waals surface area contributed by atoms with Gasteiger partial charge in [-0.2, -0.15) is 0 Å². The molecule has 2 saturated heterocycles. The molecule has 0 radical (unpaired) electrons. The van der Waals surface area contributed by atoms with Crippen molar-refractivity contribution in [2.75, 3.05) is 20.3 Å². The van der Waals surface area contributed by atoms with Gasteiger partial charge in [-0.3, -0.25) is 4.90 Å². The molecule has 80 valence electrons. The Balaban J connectivity index is 2.14. The van der Waals surface area contributed by atoms with Gasteiger partial charge in [0, 0.05) is 12.1 Å². The van der Waals surface area contributed by atoms with Crippen molar-refractivity contribution in [2.45, 2.75) is 37.5 Å². The van der Waals surface area contributed by atoms with E-state index in [0.29, 0.717) is 12.1 Å². The zero-order valence-electron chi connectivity index (χ0n) is 8.94. The zero-order valence-corrected chi connectivity index (χ0v) is 8.94. The molecular formula is C11H19NO2. The first-order valence-corrected chi connectivity index (χ1v) is 5.30. The van der Waals surface area contributed by atoms with Crippen LogP contribution in [0.2, 0.25) is 0 Å². The largest absolute Gasteiger partial charge is 0.386 e. The van der Waals surface area contributed by atoms with Crippen molar-refractivity contribution in [1.29, 1.82) is 0 Å². The van der Waals surface area contributed by atoms with E-state index >= 15 is 0 Å². The van der Waals surface area contributed by atoms with Crippen molar-refractivity contribution in [1.82, 2.24) is 4.90 Å². The molecule has 3 nitrogen and oxygen atoms in total. The van der Waals surface area contributed by atoms with Crippen LogP contribution in [0.5, 0.6) is 0 Å². The van der Waals surface area contributed by atoms with Gasteiger partial charge in [0.15, 0.2) is 0 Å². The lowest BCUT2D eigenvalue weighted by Crippen LogP contribution is -2.59. The van der Waals surface area contributed by atoms with Crippen LogP contribution in [0.4, 0.5) is 0 Å². The van der Waals surface area contributed by atoms with E-state index in [1.807, 2.05) is 19.1 Å². The van der Waals surface area contributed by atoms with E-state index in [1.54, 1.807) is 0 Å². The molecule has 2 aliphatic heterocycles. The molecule has 0 aromatic carbocycles. The molecule has 0 aromatic heterocycles. The zero-order chi connectivity index (χ0) is 10.2. The summed E-state index contributed by atoms with van der Waals surface area (Å²) in [6.45, 7) is 3.47. The highest BCUT2D eigenvalue weighted by Gasteiger charge is 2.42. The van der Waals surface area contributed by atoms with E-state index in [0.717, 1.165) is 26.1 Å². The Kier molecular flexibility index (Phi) is 2.64. The van der Waals surface area contributed by atoms with Gasteiger partial charge in [0.1, 0.15) is 0 Å². The molecule has 2 bridgehead atoms. The fraction of sp³-hybridized carbons (Fsp3) is 0.818.